The van der Waals surface area contributed by atoms with Gasteiger partial charge >= 0.3 is 0 Å². The number of aromatic nitrogens is 2. The smallest absolute Gasteiger partial charge is 0.259 e. The molecule has 0 amide bonds. The molecule has 0 atom stereocenters. The van der Waals surface area contributed by atoms with Crippen LogP contribution in [0.2, 0.25) is 0 Å². The fourth-order valence-corrected chi connectivity index (χ4v) is 2.11. The molecule has 84 valence electrons. The van der Waals surface area contributed by atoms with Gasteiger partial charge in [0.25, 0.3) is 6.29 Å². The lowest BCUT2D eigenvalue weighted by molar-refractivity contribution is -0.672. The zero-order valence-corrected chi connectivity index (χ0v) is 9.25. The summed E-state index contributed by atoms with van der Waals surface area (Å²) in [7, 11) is 0. The minimum atomic E-state index is -0.576. The van der Waals surface area contributed by atoms with E-state index in [0.717, 1.165) is 22.1 Å². The molecule has 4 nitrogen and oxygen atoms in total. The molecule has 2 aromatic carbocycles. The van der Waals surface area contributed by atoms with Crippen LogP contribution in [0, 0.1) is 0 Å². The first kappa shape index (κ1) is 10.1. The first-order valence-corrected chi connectivity index (χ1v) is 5.47. The summed E-state index contributed by atoms with van der Waals surface area (Å²) >= 11 is 0. The maximum atomic E-state index is 5.86. The van der Waals surface area contributed by atoms with Crippen molar-refractivity contribution in [3.63, 3.8) is 0 Å². The quantitative estimate of drug-likeness (QED) is 0.369. The van der Waals surface area contributed by atoms with Crippen molar-refractivity contribution >= 4 is 22.1 Å². The first-order chi connectivity index (χ1) is 8.27. The second-order valence-corrected chi connectivity index (χ2v) is 3.95. The number of hydrogen-bond acceptors (Lipinski definition) is 3. The van der Waals surface area contributed by atoms with Gasteiger partial charge in [-0.15, -0.1) is 0 Å². The average Bonchev–Trinajstić information content (AvgIpc) is 2.35. The molecule has 0 aliphatic heterocycles. The lowest BCUT2D eigenvalue weighted by Crippen LogP contribution is -2.51. The second-order valence-electron chi connectivity index (χ2n) is 3.95. The van der Waals surface area contributed by atoms with Gasteiger partial charge in [-0.05, 0) is 12.1 Å². The van der Waals surface area contributed by atoms with E-state index < -0.39 is 6.29 Å². The summed E-state index contributed by atoms with van der Waals surface area (Å²) in [5.41, 5.74) is 15.4. The molecule has 3 aromatic rings. The molecule has 3 rings (SSSR count). The molecule has 0 fully saturated rings. The highest BCUT2D eigenvalue weighted by molar-refractivity contribution is 5.81. The molecule has 0 spiro atoms. The second kappa shape index (κ2) is 3.76. The zero-order valence-electron chi connectivity index (χ0n) is 9.25. The number of nitrogens with zero attached hydrogens (tertiary/aromatic N) is 2. The maximum Gasteiger partial charge on any atom is 0.266 e. The molecule has 0 aliphatic carbocycles. The Bertz CT molecular complexity index is 637. The van der Waals surface area contributed by atoms with Crippen LogP contribution in [0.3, 0.4) is 0 Å². The summed E-state index contributed by atoms with van der Waals surface area (Å²) in [6.07, 6.45) is -0.576. The molecule has 0 bridgehead atoms. The summed E-state index contributed by atoms with van der Waals surface area (Å²) in [6.45, 7) is 0. The lowest BCUT2D eigenvalue weighted by atomic mass is 10.2. The van der Waals surface area contributed by atoms with Gasteiger partial charge in [-0.2, -0.15) is 4.57 Å². The highest BCUT2D eigenvalue weighted by Crippen LogP contribution is 2.14. The maximum absolute atomic E-state index is 5.86. The van der Waals surface area contributed by atoms with Crippen LogP contribution < -0.4 is 16.0 Å². The van der Waals surface area contributed by atoms with Crippen LogP contribution in [0.4, 0.5) is 0 Å². The van der Waals surface area contributed by atoms with Gasteiger partial charge in [0.05, 0.1) is 0 Å². The standard InChI is InChI=1S/C13H13N4/c14-13(15)17-11-7-3-1-5-9(11)16-10-6-2-4-8-12(10)17/h1-8,13H,14-15H2/q+1. The number of benzene rings is 2. The van der Waals surface area contributed by atoms with Gasteiger partial charge < -0.3 is 0 Å². The Morgan fingerprint density at radius 3 is 1.76 bits per heavy atom. The molecule has 0 radical (unpaired) electrons. The summed E-state index contributed by atoms with van der Waals surface area (Å²) in [5, 5.41) is 0. The topological polar surface area (TPSA) is 68.8 Å². The van der Waals surface area contributed by atoms with Crippen molar-refractivity contribution in [1.29, 1.82) is 0 Å². The van der Waals surface area contributed by atoms with E-state index in [9.17, 15) is 0 Å². The SMILES string of the molecule is NC(N)[n+]1c2ccccc2nc2ccccc21. The third kappa shape index (κ3) is 1.54. The van der Waals surface area contributed by atoms with Gasteiger partial charge in [0.1, 0.15) is 11.0 Å². The van der Waals surface area contributed by atoms with E-state index in [1.165, 1.54) is 0 Å². The fraction of sp³-hybridized carbons (Fsp3) is 0.0769. The Hall–Kier alpha value is -2.04. The van der Waals surface area contributed by atoms with Gasteiger partial charge in [-0.1, -0.05) is 24.3 Å². The van der Waals surface area contributed by atoms with Crippen LogP contribution in [0.15, 0.2) is 48.5 Å². The highest BCUT2D eigenvalue weighted by Gasteiger charge is 2.18. The Balaban J connectivity index is 2.56. The van der Waals surface area contributed by atoms with E-state index in [0.29, 0.717) is 0 Å². The van der Waals surface area contributed by atoms with Crippen LogP contribution >= 0.6 is 0 Å². The third-order valence-electron chi connectivity index (χ3n) is 2.82. The molecule has 0 saturated carbocycles. The predicted molar refractivity (Wildman–Crippen MR) is 66.9 cm³/mol. The van der Waals surface area contributed by atoms with Crippen molar-refractivity contribution in [2.24, 2.45) is 11.5 Å². The summed E-state index contributed by atoms with van der Waals surface area (Å²) in [5.74, 6) is 0. The minimum Gasteiger partial charge on any atom is -0.259 e. The van der Waals surface area contributed by atoms with E-state index in [1.807, 2.05) is 53.1 Å². The lowest BCUT2D eigenvalue weighted by Gasteiger charge is -2.07. The van der Waals surface area contributed by atoms with E-state index in [-0.39, 0.29) is 0 Å². The van der Waals surface area contributed by atoms with Crippen molar-refractivity contribution in [3.8, 4) is 0 Å². The molecule has 1 aromatic heterocycles. The summed E-state index contributed by atoms with van der Waals surface area (Å²) < 4.78 is 1.90. The number of fused-ring (bicyclic) bond motifs is 2. The molecular formula is C13H13N4+. The van der Waals surface area contributed by atoms with Crippen LogP contribution in [0.1, 0.15) is 6.29 Å². The molecule has 4 heteroatoms. The van der Waals surface area contributed by atoms with E-state index in [4.69, 9.17) is 11.5 Å². The fourth-order valence-electron chi connectivity index (χ4n) is 2.11. The number of nitrogens with two attached hydrogens (primary N) is 2. The van der Waals surface area contributed by atoms with Gasteiger partial charge in [0.2, 0.25) is 11.0 Å². The summed E-state index contributed by atoms with van der Waals surface area (Å²) in [4.78, 5) is 4.59. The number of para-hydroxylation sites is 4. The molecule has 17 heavy (non-hydrogen) atoms. The zero-order chi connectivity index (χ0) is 11.8. The van der Waals surface area contributed by atoms with E-state index in [1.54, 1.807) is 0 Å². The van der Waals surface area contributed by atoms with Crippen molar-refractivity contribution < 1.29 is 4.57 Å². The van der Waals surface area contributed by atoms with Crippen molar-refractivity contribution in [1.82, 2.24) is 4.98 Å². The monoisotopic (exact) mass is 225 g/mol. The molecule has 1 heterocycles. The Morgan fingerprint density at radius 1 is 0.824 bits per heavy atom. The van der Waals surface area contributed by atoms with Crippen LogP contribution in [0.5, 0.6) is 0 Å². The average molecular weight is 225 g/mol. The Morgan fingerprint density at radius 2 is 1.29 bits per heavy atom. The normalized spacial score (nSPS) is 11.5. The van der Waals surface area contributed by atoms with Gasteiger partial charge in [0.15, 0.2) is 0 Å². The molecular weight excluding hydrogens is 212 g/mol. The van der Waals surface area contributed by atoms with Crippen molar-refractivity contribution in [2.75, 3.05) is 0 Å². The molecule has 0 saturated heterocycles. The van der Waals surface area contributed by atoms with E-state index in [2.05, 4.69) is 4.98 Å². The predicted octanol–water partition coefficient (Wildman–Crippen LogP) is 1.05. The Kier molecular flexibility index (Phi) is 2.24. The van der Waals surface area contributed by atoms with E-state index >= 15 is 0 Å². The minimum absolute atomic E-state index is 0.576. The highest BCUT2D eigenvalue weighted by atomic mass is 15.2. The number of hydrogen-bond donors (Lipinski definition) is 2. The van der Waals surface area contributed by atoms with Gasteiger partial charge in [-0.3, -0.25) is 11.5 Å². The number of rotatable bonds is 1. The largest absolute Gasteiger partial charge is 0.266 e. The van der Waals surface area contributed by atoms with Crippen LogP contribution in [-0.2, 0) is 0 Å². The van der Waals surface area contributed by atoms with Gasteiger partial charge in [-0.25, -0.2) is 4.98 Å². The summed E-state index contributed by atoms with van der Waals surface area (Å²) in [6, 6.07) is 15.7. The van der Waals surface area contributed by atoms with Crippen LogP contribution in [0.25, 0.3) is 22.1 Å². The molecule has 0 unspecified atom stereocenters. The molecule has 4 N–H and O–H groups in total. The van der Waals surface area contributed by atoms with Gasteiger partial charge in [0, 0.05) is 12.1 Å². The molecule has 0 aliphatic rings. The Labute approximate surface area is 98.5 Å². The first-order valence-electron chi connectivity index (χ1n) is 5.47. The van der Waals surface area contributed by atoms with Crippen molar-refractivity contribution in [2.45, 2.75) is 6.29 Å². The van der Waals surface area contributed by atoms with Crippen LogP contribution in [-0.4, -0.2) is 4.98 Å². The third-order valence-corrected chi connectivity index (χ3v) is 2.82. The van der Waals surface area contributed by atoms with Crippen molar-refractivity contribution in [3.05, 3.63) is 48.5 Å².